The van der Waals surface area contributed by atoms with Crippen LogP contribution in [0, 0.1) is 6.92 Å². The number of hydrogen-bond acceptors (Lipinski definition) is 9. The molecule has 4 rings (SSSR count). The molecule has 0 spiro atoms. The van der Waals surface area contributed by atoms with Gasteiger partial charge in [-0.3, -0.25) is 4.79 Å². The fourth-order valence-corrected chi connectivity index (χ4v) is 3.38. The zero-order chi connectivity index (χ0) is 23.2. The predicted molar refractivity (Wildman–Crippen MR) is 117 cm³/mol. The number of methoxy groups -OCH3 is 1. The molecule has 3 heterocycles. The quantitative estimate of drug-likeness (QED) is 0.506. The molecule has 0 saturated carbocycles. The van der Waals surface area contributed by atoms with Crippen molar-refractivity contribution in [1.82, 2.24) is 30.3 Å². The smallest absolute Gasteiger partial charge is 0.270 e. The molecule has 0 radical (unpaired) electrons. The molecule has 1 aromatic carbocycles. The van der Waals surface area contributed by atoms with Gasteiger partial charge in [-0.1, -0.05) is 17.3 Å². The molecule has 3 aromatic rings. The molecule has 1 fully saturated rings. The Kier molecular flexibility index (Phi) is 7.23. The van der Waals surface area contributed by atoms with Crippen LogP contribution in [-0.2, 0) is 22.6 Å². The molecule has 1 saturated heterocycles. The Bertz CT molecular complexity index is 1100. The Morgan fingerprint density at radius 1 is 1.21 bits per heavy atom. The Labute approximate surface area is 190 Å². The van der Waals surface area contributed by atoms with Crippen LogP contribution in [0.25, 0.3) is 11.4 Å². The monoisotopic (exact) mass is 454 g/mol. The second-order valence-electron chi connectivity index (χ2n) is 7.64. The normalized spacial score (nSPS) is 18.2. The van der Waals surface area contributed by atoms with Crippen molar-refractivity contribution >= 4 is 5.91 Å². The van der Waals surface area contributed by atoms with Crippen molar-refractivity contribution in [1.29, 1.82) is 0 Å². The van der Waals surface area contributed by atoms with E-state index >= 15 is 0 Å². The van der Waals surface area contributed by atoms with Crippen LogP contribution < -0.4 is 10.1 Å². The lowest BCUT2D eigenvalue weighted by molar-refractivity contribution is -0.149. The van der Waals surface area contributed by atoms with E-state index in [1.54, 1.807) is 31.0 Å². The van der Waals surface area contributed by atoms with Crippen molar-refractivity contribution in [3.8, 4) is 17.1 Å². The van der Waals surface area contributed by atoms with Crippen molar-refractivity contribution < 1.29 is 24.1 Å². The van der Waals surface area contributed by atoms with Gasteiger partial charge < -0.3 is 24.6 Å². The van der Waals surface area contributed by atoms with Crippen molar-refractivity contribution in [2.45, 2.75) is 32.2 Å². The van der Waals surface area contributed by atoms with E-state index < -0.39 is 0 Å². The van der Waals surface area contributed by atoms with Crippen LogP contribution >= 0.6 is 0 Å². The van der Waals surface area contributed by atoms with Gasteiger partial charge in [0.15, 0.2) is 0 Å². The fourth-order valence-electron chi connectivity index (χ4n) is 3.38. The van der Waals surface area contributed by atoms with Gasteiger partial charge in [-0.25, -0.2) is 14.6 Å². The lowest BCUT2D eigenvalue weighted by Gasteiger charge is -2.28. The molecule has 2 N–H and O–H groups in total. The SMILES string of the molecule is COc1cccc(CNC(=O)c2cc(-c3cn(C[C@H]4COC(CO)CO4)nn3)nc(C)n2)c1. The minimum Gasteiger partial charge on any atom is -0.497 e. The van der Waals surface area contributed by atoms with E-state index in [1.165, 1.54) is 0 Å². The number of carbonyl (C=O) groups is 1. The summed E-state index contributed by atoms with van der Waals surface area (Å²) in [4.78, 5) is 21.4. The summed E-state index contributed by atoms with van der Waals surface area (Å²) < 4.78 is 18.1. The first-order valence-corrected chi connectivity index (χ1v) is 10.6. The summed E-state index contributed by atoms with van der Waals surface area (Å²) in [7, 11) is 1.60. The molecule has 1 amide bonds. The molecule has 11 nitrogen and oxygen atoms in total. The van der Waals surface area contributed by atoms with E-state index in [1.807, 2.05) is 24.3 Å². The Morgan fingerprint density at radius 2 is 2.03 bits per heavy atom. The van der Waals surface area contributed by atoms with Crippen LogP contribution in [0.1, 0.15) is 21.9 Å². The second kappa shape index (κ2) is 10.5. The first-order valence-electron chi connectivity index (χ1n) is 10.6. The number of ether oxygens (including phenoxy) is 3. The van der Waals surface area contributed by atoms with Crippen molar-refractivity contribution in [3.05, 3.63) is 53.6 Å². The number of aryl methyl sites for hydroxylation is 1. The summed E-state index contributed by atoms with van der Waals surface area (Å²) in [6.45, 7) is 3.14. The van der Waals surface area contributed by atoms with Gasteiger partial charge in [-0.2, -0.15) is 0 Å². The van der Waals surface area contributed by atoms with Crippen LogP contribution in [-0.4, -0.2) is 75.1 Å². The molecular formula is C22H26N6O5. The molecule has 174 valence electrons. The Balaban J connectivity index is 1.41. The van der Waals surface area contributed by atoms with Gasteiger partial charge in [0, 0.05) is 6.54 Å². The zero-order valence-corrected chi connectivity index (χ0v) is 18.5. The molecule has 2 aromatic heterocycles. The van der Waals surface area contributed by atoms with Gasteiger partial charge in [0.2, 0.25) is 0 Å². The predicted octanol–water partition coefficient (Wildman–Crippen LogP) is 0.758. The fraction of sp³-hybridized carbons (Fsp3) is 0.409. The highest BCUT2D eigenvalue weighted by Crippen LogP contribution is 2.17. The summed E-state index contributed by atoms with van der Waals surface area (Å²) in [5, 5.41) is 20.3. The number of benzene rings is 1. The Morgan fingerprint density at radius 3 is 2.79 bits per heavy atom. The summed E-state index contributed by atoms with van der Waals surface area (Å²) in [5.41, 5.74) is 2.18. The molecule has 11 heteroatoms. The number of amides is 1. The van der Waals surface area contributed by atoms with Gasteiger partial charge >= 0.3 is 0 Å². The highest BCUT2D eigenvalue weighted by molar-refractivity contribution is 5.93. The number of hydrogen-bond donors (Lipinski definition) is 2. The molecular weight excluding hydrogens is 428 g/mol. The maximum atomic E-state index is 12.7. The number of nitrogens with zero attached hydrogens (tertiary/aromatic N) is 5. The van der Waals surface area contributed by atoms with Crippen LogP contribution in [0.4, 0.5) is 0 Å². The van der Waals surface area contributed by atoms with Crippen LogP contribution in [0.5, 0.6) is 5.75 Å². The first-order chi connectivity index (χ1) is 16.0. The van der Waals surface area contributed by atoms with Crippen LogP contribution in [0.2, 0.25) is 0 Å². The van der Waals surface area contributed by atoms with E-state index in [-0.39, 0.29) is 30.4 Å². The number of aliphatic hydroxyl groups excluding tert-OH is 1. The molecule has 1 aliphatic rings. The van der Waals surface area contributed by atoms with Crippen molar-refractivity contribution in [3.63, 3.8) is 0 Å². The average Bonchev–Trinajstić information content (AvgIpc) is 3.31. The van der Waals surface area contributed by atoms with E-state index in [9.17, 15) is 4.79 Å². The lowest BCUT2D eigenvalue weighted by Crippen LogP contribution is -2.39. The van der Waals surface area contributed by atoms with Crippen LogP contribution in [0.15, 0.2) is 36.5 Å². The van der Waals surface area contributed by atoms with Gasteiger partial charge in [-0.05, 0) is 30.7 Å². The van der Waals surface area contributed by atoms with Gasteiger partial charge in [0.05, 0.1) is 45.4 Å². The molecule has 0 aliphatic carbocycles. The maximum Gasteiger partial charge on any atom is 0.270 e. The maximum absolute atomic E-state index is 12.7. The zero-order valence-electron chi connectivity index (χ0n) is 18.5. The van der Waals surface area contributed by atoms with E-state index in [0.29, 0.717) is 43.5 Å². The highest BCUT2D eigenvalue weighted by Gasteiger charge is 2.23. The first kappa shape index (κ1) is 22.8. The van der Waals surface area contributed by atoms with E-state index in [4.69, 9.17) is 19.3 Å². The van der Waals surface area contributed by atoms with Gasteiger partial charge in [-0.15, -0.1) is 5.10 Å². The minimum absolute atomic E-state index is 0.0668. The van der Waals surface area contributed by atoms with E-state index in [0.717, 1.165) is 11.3 Å². The number of aliphatic hydroxyl groups is 1. The standard InChI is InChI=1S/C22H26N6O5/c1-14-24-19(21-10-28(27-26-21)9-17-12-33-18(11-29)13-32-17)7-20(25-14)22(30)23-8-15-4-3-5-16(6-15)31-2/h3-7,10,17-18,29H,8-9,11-13H2,1-2H3,(H,23,30)/t17-,18?/m0/s1. The third kappa shape index (κ3) is 5.89. The Hall–Kier alpha value is -3.41. The second-order valence-corrected chi connectivity index (χ2v) is 7.64. The van der Waals surface area contributed by atoms with Crippen LogP contribution in [0.3, 0.4) is 0 Å². The largest absolute Gasteiger partial charge is 0.497 e. The summed E-state index contributed by atoms with van der Waals surface area (Å²) in [6.07, 6.45) is 1.26. The molecule has 0 bridgehead atoms. The number of rotatable bonds is 8. The summed E-state index contributed by atoms with van der Waals surface area (Å²) in [6, 6.07) is 9.07. The third-order valence-corrected chi connectivity index (χ3v) is 5.09. The topological polar surface area (TPSA) is 134 Å². The third-order valence-electron chi connectivity index (χ3n) is 5.09. The van der Waals surface area contributed by atoms with Gasteiger partial charge in [0.1, 0.15) is 35.2 Å². The molecule has 1 aliphatic heterocycles. The lowest BCUT2D eigenvalue weighted by atomic mass is 10.2. The summed E-state index contributed by atoms with van der Waals surface area (Å²) in [5.74, 6) is 0.860. The number of carbonyl (C=O) groups excluding carboxylic acids is 1. The molecule has 1 unspecified atom stereocenters. The molecule has 2 atom stereocenters. The van der Waals surface area contributed by atoms with Crippen molar-refractivity contribution in [2.75, 3.05) is 26.9 Å². The number of nitrogens with one attached hydrogen (secondary N) is 1. The summed E-state index contributed by atoms with van der Waals surface area (Å²) >= 11 is 0. The molecule has 33 heavy (non-hydrogen) atoms. The highest BCUT2D eigenvalue weighted by atomic mass is 16.6. The average molecular weight is 454 g/mol. The van der Waals surface area contributed by atoms with Crippen molar-refractivity contribution in [2.24, 2.45) is 0 Å². The van der Waals surface area contributed by atoms with Gasteiger partial charge in [0.25, 0.3) is 5.91 Å². The minimum atomic E-state index is -0.317. The number of aromatic nitrogens is 5. The van der Waals surface area contributed by atoms with E-state index in [2.05, 4.69) is 25.6 Å².